The highest BCUT2D eigenvalue weighted by molar-refractivity contribution is 5.78. The predicted molar refractivity (Wildman–Crippen MR) is 108 cm³/mol. The number of hydrogen-bond acceptors (Lipinski definition) is 5. The Morgan fingerprint density at radius 2 is 1.44 bits per heavy atom. The number of nitrogens with one attached hydrogen (secondary N) is 1. The van der Waals surface area contributed by atoms with Crippen molar-refractivity contribution in [2.24, 2.45) is 0 Å². The summed E-state index contributed by atoms with van der Waals surface area (Å²) < 4.78 is 5.74. The van der Waals surface area contributed by atoms with Gasteiger partial charge in [-0.25, -0.2) is 0 Å². The number of aliphatic carboxylic acids is 1. The van der Waals surface area contributed by atoms with Crippen molar-refractivity contribution in [3.63, 3.8) is 0 Å². The molecule has 0 radical (unpaired) electrons. The van der Waals surface area contributed by atoms with Gasteiger partial charge in [0.05, 0.1) is 12.1 Å². The number of nitrogens with zero attached hydrogens (tertiary/aromatic N) is 3. The monoisotopic (exact) mass is 373 g/mol. The second kappa shape index (κ2) is 30.3. The van der Waals surface area contributed by atoms with Gasteiger partial charge in [0.1, 0.15) is 14.2 Å². The first-order valence-electron chi connectivity index (χ1n) is 8.11. The van der Waals surface area contributed by atoms with Crippen LogP contribution in [0.2, 0.25) is 0 Å². The molecule has 0 aliphatic rings. The van der Waals surface area contributed by atoms with Gasteiger partial charge in [-0.05, 0) is 0 Å². The van der Waals surface area contributed by atoms with Gasteiger partial charge in [-0.15, -0.1) is 39.1 Å². The lowest BCUT2D eigenvalue weighted by atomic mass is 10.3. The van der Waals surface area contributed by atoms with E-state index in [0.29, 0.717) is 13.1 Å². The molecular weight excluding hydrogens is 344 g/mol. The van der Waals surface area contributed by atoms with E-state index < -0.39 is 12.4 Å². The van der Waals surface area contributed by atoms with E-state index in [9.17, 15) is 9.59 Å². The molecule has 0 aromatic carbocycles. The molecule has 0 aliphatic carbocycles. The van der Waals surface area contributed by atoms with Crippen LogP contribution < -0.4 is 5.32 Å². The summed E-state index contributed by atoms with van der Waals surface area (Å²) in [7, 11) is 0. The van der Waals surface area contributed by atoms with Crippen LogP contribution in [0.5, 0.6) is 0 Å². The van der Waals surface area contributed by atoms with Gasteiger partial charge in [0.2, 0.25) is 5.91 Å². The molecule has 7 heteroatoms. The molecule has 2 N–H and O–H groups in total. The average Bonchev–Trinajstić information content (AvgIpc) is 2.64. The summed E-state index contributed by atoms with van der Waals surface area (Å²) in [6.07, 6.45) is 12.2. The Morgan fingerprint density at radius 1 is 1.04 bits per heavy atom. The van der Waals surface area contributed by atoms with E-state index in [2.05, 4.69) is 38.1 Å². The average molecular weight is 373 g/mol. The van der Waals surface area contributed by atoms with E-state index in [4.69, 9.17) is 17.0 Å². The van der Waals surface area contributed by atoms with E-state index in [1.807, 2.05) is 12.2 Å². The van der Waals surface area contributed by atoms with Crippen LogP contribution in [0.3, 0.4) is 0 Å². The van der Waals surface area contributed by atoms with Crippen LogP contribution in [0.25, 0.3) is 0 Å². The Morgan fingerprint density at radius 3 is 1.67 bits per heavy atom. The van der Waals surface area contributed by atoms with Crippen LogP contribution in [-0.2, 0) is 9.59 Å². The maximum Gasteiger partial charge on any atom is 0.317 e. The van der Waals surface area contributed by atoms with Crippen LogP contribution in [0.15, 0.2) is 50.6 Å². The third-order valence-corrected chi connectivity index (χ3v) is 2.09. The van der Waals surface area contributed by atoms with Crippen LogP contribution in [0.1, 0.15) is 14.2 Å². The van der Waals surface area contributed by atoms with Gasteiger partial charge in [-0.2, -0.15) is 10.5 Å². The van der Waals surface area contributed by atoms with E-state index in [1.54, 1.807) is 18.2 Å². The third kappa shape index (κ3) is 34.7. The van der Waals surface area contributed by atoms with Crippen molar-refractivity contribution in [3.05, 3.63) is 50.6 Å². The summed E-state index contributed by atoms with van der Waals surface area (Å²) >= 11 is 0. The van der Waals surface area contributed by atoms with Gasteiger partial charge in [0.15, 0.2) is 0 Å². The molecule has 0 atom stereocenters. The van der Waals surface area contributed by atoms with Crippen LogP contribution in [-0.4, -0.2) is 48.1 Å². The Bertz CT molecular complexity index is 566. The Kier molecular flexibility index (Phi) is 31.7. The highest BCUT2D eigenvalue weighted by Gasteiger charge is 2.08. The molecule has 0 unspecified atom stereocenters. The first kappa shape index (κ1) is 28.2. The molecule has 7 nitrogen and oxygen atoms in total. The van der Waals surface area contributed by atoms with Gasteiger partial charge in [-0.3, -0.25) is 9.59 Å². The minimum absolute atomic E-state index is 0.0817. The molecule has 0 heterocycles. The van der Waals surface area contributed by atoms with E-state index in [1.165, 1.54) is 17.4 Å². The normalized spacial score (nSPS) is 7.52. The second-order valence-corrected chi connectivity index (χ2v) is 4.18. The molecule has 0 fully saturated rings. The number of amides is 1. The fraction of sp³-hybridized carbons (Fsp3) is 0.300. The number of hydrogen-bond donors (Lipinski definition) is 2. The lowest BCUT2D eigenvalue weighted by Crippen LogP contribution is -2.30. The molecule has 0 aromatic heterocycles. The highest BCUT2D eigenvalue weighted by atomic mass is 16.4. The summed E-state index contributed by atoms with van der Waals surface area (Å²) in [5.74, 6) is -1.25. The first-order chi connectivity index (χ1) is 13.4. The molecule has 0 saturated heterocycles. The molecule has 0 aromatic rings. The fourth-order valence-electron chi connectivity index (χ4n) is 1.12. The Labute approximate surface area is 164 Å². The standard InChI is InChI=1S/C9H12N2O.C6H11N.C3H3NO2.C2H2/c1-3-7-11(8-4-2)9(12)5-6-10;1-3-5-7-6-4-2;4-2-1-3(5)6;1-2/h3-4H,1-2,5,7-8H2;3-4,7H,1-2,5-6H2;1H2,(H,5,6);1-2H/i;;;1D. The lowest BCUT2D eigenvalue weighted by molar-refractivity contribution is -0.135. The molecular formula is C20H28N4O3. The summed E-state index contributed by atoms with van der Waals surface area (Å²) in [6.45, 7) is 16.8. The second-order valence-electron chi connectivity index (χ2n) is 4.18. The number of carbonyl (C=O) groups is 2. The lowest BCUT2D eigenvalue weighted by Gasteiger charge is -2.17. The van der Waals surface area contributed by atoms with Crippen molar-refractivity contribution in [1.82, 2.24) is 10.2 Å². The number of rotatable bonds is 10. The highest BCUT2D eigenvalue weighted by Crippen LogP contribution is 1.93. The van der Waals surface area contributed by atoms with Crippen LogP contribution in [0.4, 0.5) is 0 Å². The third-order valence-electron chi connectivity index (χ3n) is 2.09. The van der Waals surface area contributed by atoms with Gasteiger partial charge in [0, 0.05) is 26.2 Å². The zero-order chi connectivity index (χ0) is 22.6. The van der Waals surface area contributed by atoms with E-state index in [0.717, 1.165) is 13.1 Å². The number of carbonyl (C=O) groups excluding carboxylic acids is 1. The molecule has 27 heavy (non-hydrogen) atoms. The molecule has 0 bridgehead atoms. The fourth-order valence-corrected chi connectivity index (χ4v) is 1.12. The van der Waals surface area contributed by atoms with Gasteiger partial charge in [0.25, 0.3) is 0 Å². The summed E-state index contributed by atoms with van der Waals surface area (Å²) in [6, 6.07) is 3.27. The van der Waals surface area contributed by atoms with Crippen molar-refractivity contribution in [1.29, 1.82) is 10.5 Å². The molecule has 146 valence electrons. The number of nitriles is 2. The predicted octanol–water partition coefficient (Wildman–Crippen LogP) is 2.28. The number of carboxylic acid groups (broad SMARTS) is 1. The van der Waals surface area contributed by atoms with E-state index in [-0.39, 0.29) is 12.3 Å². The van der Waals surface area contributed by atoms with E-state index >= 15 is 0 Å². The Hall–Kier alpha value is -3.60. The zero-order valence-electron chi connectivity index (χ0n) is 16.6. The van der Waals surface area contributed by atoms with Crippen LogP contribution in [0, 0.1) is 35.5 Å². The zero-order valence-corrected chi connectivity index (χ0v) is 15.6. The van der Waals surface area contributed by atoms with Crippen LogP contribution >= 0.6 is 0 Å². The minimum Gasteiger partial charge on any atom is -0.480 e. The minimum atomic E-state index is -1.07. The molecule has 0 saturated carbocycles. The van der Waals surface area contributed by atoms with Crippen molar-refractivity contribution in [2.45, 2.75) is 12.8 Å². The number of carboxylic acids is 1. The first-order valence-corrected chi connectivity index (χ1v) is 7.61. The van der Waals surface area contributed by atoms with Crippen molar-refractivity contribution in [3.8, 4) is 25.0 Å². The smallest absolute Gasteiger partial charge is 0.317 e. The SMILES string of the molecule is C=CCN(CC=C)C(=O)CC#N.C=CCNCC=C.N#CCC(=O)O.[2H]C#C. The van der Waals surface area contributed by atoms with Crippen molar-refractivity contribution in [2.75, 3.05) is 26.2 Å². The summed E-state index contributed by atoms with van der Waals surface area (Å²) in [5.41, 5.74) is 0. The maximum absolute atomic E-state index is 11.1. The number of terminal acetylenes is 1. The van der Waals surface area contributed by atoms with Crippen molar-refractivity contribution < 1.29 is 16.1 Å². The van der Waals surface area contributed by atoms with Gasteiger partial charge >= 0.3 is 5.97 Å². The maximum atomic E-state index is 11.1. The molecule has 1 amide bonds. The summed E-state index contributed by atoms with van der Waals surface area (Å²) in [4.78, 5) is 22.0. The molecule has 0 aliphatic heterocycles. The summed E-state index contributed by atoms with van der Waals surface area (Å²) in [5, 5.41) is 26.6. The van der Waals surface area contributed by atoms with Gasteiger partial charge < -0.3 is 15.3 Å². The molecule has 0 spiro atoms. The quantitative estimate of drug-likeness (QED) is 0.345. The molecule has 0 rings (SSSR count). The van der Waals surface area contributed by atoms with Crippen molar-refractivity contribution >= 4 is 11.9 Å². The van der Waals surface area contributed by atoms with Gasteiger partial charge in [-0.1, -0.05) is 24.3 Å². The topological polar surface area (TPSA) is 117 Å². The Balaban J connectivity index is -0.000000154. The largest absolute Gasteiger partial charge is 0.480 e.